The van der Waals surface area contributed by atoms with Crippen molar-refractivity contribution in [2.24, 2.45) is 5.92 Å². The van der Waals surface area contributed by atoms with Crippen LogP contribution < -0.4 is 11.3 Å². The van der Waals surface area contributed by atoms with Gasteiger partial charge in [-0.3, -0.25) is 32.0 Å². The van der Waals surface area contributed by atoms with Crippen molar-refractivity contribution in [3.05, 3.63) is 35.2 Å². The van der Waals surface area contributed by atoms with Crippen molar-refractivity contribution < 1.29 is 51.2 Å². The number of nitrogens with zero attached hydrogens (tertiary/aromatic N) is 7. The largest absolute Gasteiger partial charge is 0.472 e. The zero-order valence-electron chi connectivity index (χ0n) is 25.1. The minimum Gasteiger partial charge on any atom is -0.382 e. The van der Waals surface area contributed by atoms with Crippen LogP contribution in [0.3, 0.4) is 0 Å². The van der Waals surface area contributed by atoms with E-state index in [-0.39, 0.29) is 29.4 Å². The molecule has 23 heteroatoms. The number of phosphoric acid groups is 2. The van der Waals surface area contributed by atoms with Gasteiger partial charge in [0.15, 0.2) is 28.9 Å². The quantitative estimate of drug-likeness (QED) is 0.213. The van der Waals surface area contributed by atoms with E-state index in [4.69, 9.17) is 38.0 Å². The fourth-order valence-electron chi connectivity index (χ4n) is 6.05. The number of aromatic amines is 1. The Hall–Kier alpha value is -3.20. The molecule has 0 spiro atoms. The van der Waals surface area contributed by atoms with Crippen molar-refractivity contribution in [1.82, 2.24) is 39.0 Å². The number of phosphoric ester groups is 2. The summed E-state index contributed by atoms with van der Waals surface area (Å²) in [7, 11) is -9.80. The molecule has 10 atom stereocenters. The van der Waals surface area contributed by atoms with E-state index < -0.39 is 83.3 Å². The summed E-state index contributed by atoms with van der Waals surface area (Å²) in [5, 5.41) is 0. The predicted octanol–water partition coefficient (Wildman–Crippen LogP) is 0.704. The molecule has 7 rings (SSSR count). The number of imidazole rings is 2. The van der Waals surface area contributed by atoms with Gasteiger partial charge in [0.05, 0.1) is 25.9 Å². The molecule has 254 valence electrons. The summed E-state index contributed by atoms with van der Waals surface area (Å²) in [6, 6.07) is 0. The van der Waals surface area contributed by atoms with E-state index in [2.05, 4.69) is 29.9 Å². The Balaban J connectivity index is 1.23. The molecule has 3 aliphatic rings. The fraction of sp³-hybridized carbons (Fsp3) is 0.583. The van der Waals surface area contributed by atoms with Gasteiger partial charge in [-0.1, -0.05) is 6.92 Å². The van der Waals surface area contributed by atoms with Crippen LogP contribution in [-0.4, -0.2) is 99.2 Å². The second kappa shape index (κ2) is 12.0. The minimum absolute atomic E-state index is 0.0235. The van der Waals surface area contributed by atoms with Gasteiger partial charge in [-0.2, -0.15) is 0 Å². The number of aromatic nitrogens is 8. The van der Waals surface area contributed by atoms with Gasteiger partial charge in [0, 0.05) is 12.5 Å². The number of ether oxygens (including phenoxy) is 3. The fourth-order valence-corrected chi connectivity index (χ4v) is 8.01. The molecule has 2 bridgehead atoms. The Bertz CT molecular complexity index is 1970. The van der Waals surface area contributed by atoms with Crippen molar-refractivity contribution in [1.29, 1.82) is 0 Å². The van der Waals surface area contributed by atoms with Gasteiger partial charge in [-0.25, -0.2) is 34.0 Å². The molecule has 4 unspecified atom stereocenters. The predicted molar refractivity (Wildman–Crippen MR) is 156 cm³/mol. The van der Waals surface area contributed by atoms with Gasteiger partial charge in [0.2, 0.25) is 0 Å². The number of aryl methyl sites for hydroxylation is 1. The maximum Gasteiger partial charge on any atom is 0.472 e. The van der Waals surface area contributed by atoms with E-state index in [0.717, 1.165) is 0 Å². The Morgan fingerprint density at radius 3 is 2.32 bits per heavy atom. The molecule has 0 aliphatic carbocycles. The first-order valence-corrected chi connectivity index (χ1v) is 17.5. The maximum atomic E-state index is 13.5. The first-order valence-electron chi connectivity index (χ1n) is 14.5. The average molecular weight is 700 g/mol. The maximum absolute atomic E-state index is 13.5. The van der Waals surface area contributed by atoms with Gasteiger partial charge in [-0.15, -0.1) is 0 Å². The number of H-pyrrole nitrogens is 1. The van der Waals surface area contributed by atoms with Crippen LogP contribution in [0.25, 0.3) is 22.3 Å². The van der Waals surface area contributed by atoms with Gasteiger partial charge in [0.25, 0.3) is 5.56 Å². The monoisotopic (exact) mass is 699 g/mol. The standard InChI is InChI=1S/C24H31N9O12P2/c1-4-39-17-13-6-41-46(35,36)44-16-10(2)23(32-8-28-14-19(25)26-7-27-20(14)32)42-12(16)5-40-47(37,38)45-18(17)24(43-13)33-9-29-15-21(33)30-11(3)31-22(15)34/h7-10,12-13,16-18,23-24H,4-6H2,1-3H3,(H,35,36)(H,37,38)(H2,25,26,27)(H,30,31,34)/t10?,12-,13-,16-,17?,18+,23-,24-/m1/s1. The highest BCUT2D eigenvalue weighted by molar-refractivity contribution is 7.47. The molecule has 0 aromatic carbocycles. The second-order valence-electron chi connectivity index (χ2n) is 11.1. The van der Waals surface area contributed by atoms with E-state index in [1.807, 2.05) is 0 Å². The number of nitrogens with one attached hydrogen (secondary N) is 1. The summed E-state index contributed by atoms with van der Waals surface area (Å²) in [6.07, 6.45) is -4.26. The van der Waals surface area contributed by atoms with Gasteiger partial charge < -0.3 is 34.7 Å². The van der Waals surface area contributed by atoms with Crippen LogP contribution in [-0.2, 0) is 41.4 Å². The van der Waals surface area contributed by atoms with Crippen LogP contribution in [0, 0.1) is 12.8 Å². The highest BCUT2D eigenvalue weighted by Crippen LogP contribution is 2.55. The Morgan fingerprint density at radius 1 is 0.957 bits per heavy atom. The first kappa shape index (κ1) is 32.4. The van der Waals surface area contributed by atoms with E-state index in [1.165, 1.54) is 28.1 Å². The van der Waals surface area contributed by atoms with E-state index in [1.54, 1.807) is 20.8 Å². The van der Waals surface area contributed by atoms with Crippen LogP contribution in [0.5, 0.6) is 0 Å². The summed E-state index contributed by atoms with van der Waals surface area (Å²) in [5.74, 6) is -0.266. The van der Waals surface area contributed by atoms with Crippen molar-refractivity contribution in [3.63, 3.8) is 0 Å². The van der Waals surface area contributed by atoms with Crippen LogP contribution in [0.4, 0.5) is 5.82 Å². The molecule has 4 aromatic heterocycles. The van der Waals surface area contributed by atoms with Crippen molar-refractivity contribution in [2.45, 2.75) is 63.7 Å². The molecule has 3 saturated heterocycles. The normalized spacial score (nSPS) is 36.6. The summed E-state index contributed by atoms with van der Waals surface area (Å²) < 4.78 is 70.1. The van der Waals surface area contributed by atoms with Crippen molar-refractivity contribution >= 4 is 43.8 Å². The van der Waals surface area contributed by atoms with Gasteiger partial charge >= 0.3 is 15.6 Å². The average Bonchev–Trinajstić information content (AvgIpc) is 3.76. The minimum atomic E-state index is -4.95. The molecule has 5 N–H and O–H groups in total. The van der Waals surface area contributed by atoms with Crippen LogP contribution in [0.15, 0.2) is 23.8 Å². The smallest absolute Gasteiger partial charge is 0.382 e. The highest BCUT2D eigenvalue weighted by Gasteiger charge is 2.54. The highest BCUT2D eigenvalue weighted by atomic mass is 31.2. The van der Waals surface area contributed by atoms with Crippen LogP contribution in [0.2, 0.25) is 0 Å². The number of fused-ring (bicyclic) bond motifs is 5. The lowest BCUT2D eigenvalue weighted by Crippen LogP contribution is -2.38. The Kier molecular flexibility index (Phi) is 8.29. The molecule has 0 saturated carbocycles. The number of anilines is 1. The zero-order valence-corrected chi connectivity index (χ0v) is 26.8. The Labute approximate surface area is 264 Å². The van der Waals surface area contributed by atoms with E-state index in [9.17, 15) is 23.7 Å². The SMILES string of the molecule is CCOC1[C@H]2COP(=O)(O)O[C@@H]3C(C)[C@H](n4cnc5c(N)ncnc54)O[C@@H]3COP(=O)(O)O[C@@H]1[C@H](n1cnc3c(=O)[nH]c(C)nc31)O2. The molecule has 47 heavy (non-hydrogen) atoms. The van der Waals surface area contributed by atoms with Crippen LogP contribution in [0.1, 0.15) is 32.1 Å². The number of nitrogens with two attached hydrogens (primary N) is 1. The summed E-state index contributed by atoms with van der Waals surface area (Å²) in [4.78, 5) is 57.8. The van der Waals surface area contributed by atoms with E-state index >= 15 is 0 Å². The number of hydrogen-bond acceptors (Lipinski definition) is 16. The molecule has 3 fully saturated rings. The molecular weight excluding hydrogens is 668 g/mol. The number of nitrogen functional groups attached to an aromatic ring is 1. The lowest BCUT2D eigenvalue weighted by molar-refractivity contribution is -0.0677. The third kappa shape index (κ3) is 5.91. The third-order valence-electron chi connectivity index (χ3n) is 8.09. The molecule has 21 nitrogen and oxygen atoms in total. The van der Waals surface area contributed by atoms with Gasteiger partial charge in [0.1, 0.15) is 54.4 Å². The van der Waals surface area contributed by atoms with E-state index in [0.29, 0.717) is 11.2 Å². The molecule has 4 aromatic rings. The van der Waals surface area contributed by atoms with Gasteiger partial charge in [-0.05, 0) is 13.8 Å². The third-order valence-corrected chi connectivity index (χ3v) is 10.1. The first-order chi connectivity index (χ1) is 22.4. The lowest BCUT2D eigenvalue weighted by atomic mass is 10.0. The molecule has 0 amide bonds. The molecule has 0 radical (unpaired) electrons. The van der Waals surface area contributed by atoms with Crippen molar-refractivity contribution in [2.75, 3.05) is 25.6 Å². The summed E-state index contributed by atoms with van der Waals surface area (Å²) in [5.41, 5.74) is 6.11. The topological polar surface area (TPSA) is 272 Å². The number of rotatable bonds is 4. The zero-order chi connectivity index (χ0) is 33.2. The molecular formula is C24H31N9O12P2. The van der Waals surface area contributed by atoms with Crippen LogP contribution >= 0.6 is 15.6 Å². The lowest BCUT2D eigenvalue weighted by Gasteiger charge is -2.26. The second-order valence-corrected chi connectivity index (χ2v) is 13.9. The Morgan fingerprint density at radius 2 is 1.60 bits per heavy atom. The molecule has 7 heterocycles. The summed E-state index contributed by atoms with van der Waals surface area (Å²) in [6.45, 7) is 3.83. The van der Waals surface area contributed by atoms with Crippen molar-refractivity contribution in [3.8, 4) is 0 Å². The molecule has 3 aliphatic heterocycles. The number of hydrogen-bond donors (Lipinski definition) is 4. The summed E-state index contributed by atoms with van der Waals surface area (Å²) >= 11 is 0.